The number of hydrogen-bond donors (Lipinski definition) is 1. The van der Waals surface area contributed by atoms with Crippen LogP contribution in [0.4, 0.5) is 19.3 Å². The van der Waals surface area contributed by atoms with Crippen molar-refractivity contribution in [2.24, 2.45) is 11.8 Å². The lowest BCUT2D eigenvalue weighted by atomic mass is 9.79. The Morgan fingerprint density at radius 2 is 1.80 bits per heavy atom. The van der Waals surface area contributed by atoms with E-state index in [4.69, 9.17) is 0 Å². The van der Waals surface area contributed by atoms with Crippen molar-refractivity contribution in [2.75, 3.05) is 25.0 Å². The van der Waals surface area contributed by atoms with Crippen LogP contribution in [0, 0.1) is 34.8 Å². The molecule has 3 aromatic rings. The molecule has 1 aliphatic heterocycles. The lowest BCUT2D eigenvalue weighted by Crippen LogP contribution is -2.49. The molecule has 0 radical (unpaired) electrons. The molecule has 0 bridgehead atoms. The van der Waals surface area contributed by atoms with Crippen LogP contribution in [0.2, 0.25) is 0 Å². The summed E-state index contributed by atoms with van der Waals surface area (Å²) in [6.07, 6.45) is 6.28. The molecule has 3 aliphatic rings. The Balaban J connectivity index is 1.14. The van der Waals surface area contributed by atoms with Gasteiger partial charge in [0.25, 0.3) is 0 Å². The maximum absolute atomic E-state index is 13.9. The third kappa shape index (κ3) is 6.80. The van der Waals surface area contributed by atoms with Gasteiger partial charge >= 0.3 is 6.03 Å². The summed E-state index contributed by atoms with van der Waals surface area (Å²) in [7, 11) is -3.58. The van der Waals surface area contributed by atoms with E-state index in [2.05, 4.69) is 17.5 Å². The number of fused-ring (bicyclic) bond motifs is 1. The zero-order valence-corrected chi connectivity index (χ0v) is 25.7. The molecule has 1 saturated heterocycles. The molecule has 1 N–H and O–H groups in total. The fourth-order valence-electron chi connectivity index (χ4n) is 7.15. The molecule has 6 rings (SSSR count). The molecule has 2 aliphatic carbocycles. The van der Waals surface area contributed by atoms with E-state index in [0.717, 1.165) is 43.4 Å². The van der Waals surface area contributed by atoms with E-state index in [0.29, 0.717) is 44.0 Å². The third-order valence-electron chi connectivity index (χ3n) is 9.77. The van der Waals surface area contributed by atoms with Crippen LogP contribution in [0.5, 0.6) is 0 Å². The van der Waals surface area contributed by atoms with Gasteiger partial charge in [-0.2, -0.15) is 9.57 Å². The molecular formula is C35H36F2N4O3S. The highest BCUT2D eigenvalue weighted by Gasteiger charge is 2.58. The molecule has 2 amide bonds. The fraction of sp³-hybridized carbons (Fsp3) is 0.371. The predicted octanol–water partition coefficient (Wildman–Crippen LogP) is 6.89. The first-order valence-electron chi connectivity index (χ1n) is 15.4. The molecule has 3 aromatic carbocycles. The van der Waals surface area contributed by atoms with E-state index in [-0.39, 0.29) is 29.1 Å². The van der Waals surface area contributed by atoms with Gasteiger partial charge in [0, 0.05) is 42.8 Å². The summed E-state index contributed by atoms with van der Waals surface area (Å²) < 4.78 is 55.0. The van der Waals surface area contributed by atoms with Gasteiger partial charge in [-0.15, -0.1) is 0 Å². The first-order chi connectivity index (χ1) is 21.7. The van der Waals surface area contributed by atoms with Crippen LogP contribution in [-0.2, 0) is 15.4 Å². The van der Waals surface area contributed by atoms with Crippen LogP contribution in [0.25, 0.3) is 6.08 Å². The second-order valence-corrected chi connectivity index (χ2v) is 14.3. The third-order valence-corrected chi connectivity index (χ3v) is 11.3. The second kappa shape index (κ2) is 12.7. The standard InChI is InChI=1S/C35H36F2N4O3S/c36-32-10-9-30(21-33(32)37)39-34(42)41(31-11-15-35(22-29(35)20-31)28-8-4-7-27(19-28)23-38)24-26-12-16-40(17-13-26)45(43,44)18-14-25-5-2-1-3-6-25/h1-10,14,18-19,21,26,29,31H,11-13,15-17,20,22,24H2,(H,39,42)/b18-14+/t29?,31-,35-/m1/s1. The fourth-order valence-corrected chi connectivity index (χ4v) is 8.37. The lowest BCUT2D eigenvalue weighted by molar-refractivity contribution is 0.132. The second-order valence-electron chi connectivity index (χ2n) is 12.5. The monoisotopic (exact) mass is 630 g/mol. The van der Waals surface area contributed by atoms with Gasteiger partial charge in [-0.3, -0.25) is 0 Å². The molecule has 7 nitrogen and oxygen atoms in total. The van der Waals surface area contributed by atoms with Crippen LogP contribution < -0.4 is 5.32 Å². The van der Waals surface area contributed by atoms with E-state index in [1.807, 2.05) is 53.4 Å². The molecule has 3 atom stereocenters. The van der Waals surface area contributed by atoms with E-state index >= 15 is 0 Å². The SMILES string of the molecule is N#Cc1cccc([C@]23CC[C@@H](N(CC4CCN(S(=O)(=O)/C=C/c5ccccc5)CC4)C(=O)Nc4ccc(F)c(F)c4)CC2C3)c1. The summed E-state index contributed by atoms with van der Waals surface area (Å²) in [6, 6.07) is 22.2. The van der Waals surface area contributed by atoms with Gasteiger partial charge in [0.05, 0.1) is 11.6 Å². The summed E-state index contributed by atoms with van der Waals surface area (Å²) in [6.45, 7) is 1.16. The van der Waals surface area contributed by atoms with Gasteiger partial charge in [0.1, 0.15) is 0 Å². The number of nitriles is 1. The Morgan fingerprint density at radius 1 is 1.02 bits per heavy atom. The van der Waals surface area contributed by atoms with Crippen molar-refractivity contribution in [3.63, 3.8) is 0 Å². The summed E-state index contributed by atoms with van der Waals surface area (Å²) in [5, 5.41) is 13.4. The molecule has 1 unspecified atom stereocenters. The molecule has 0 aromatic heterocycles. The van der Waals surface area contributed by atoms with Gasteiger partial charge in [0.15, 0.2) is 11.6 Å². The minimum Gasteiger partial charge on any atom is -0.321 e. The molecule has 45 heavy (non-hydrogen) atoms. The van der Waals surface area contributed by atoms with E-state index < -0.39 is 21.7 Å². The first-order valence-corrected chi connectivity index (χ1v) is 16.9. The Labute approximate surface area is 263 Å². The largest absolute Gasteiger partial charge is 0.322 e. The highest BCUT2D eigenvalue weighted by Crippen LogP contribution is 2.63. The number of hydrogen-bond acceptors (Lipinski definition) is 4. The summed E-state index contributed by atoms with van der Waals surface area (Å²) in [5.41, 5.74) is 2.84. The molecule has 0 spiro atoms. The van der Waals surface area contributed by atoms with Gasteiger partial charge in [-0.1, -0.05) is 42.5 Å². The Hall–Kier alpha value is -4.07. The smallest absolute Gasteiger partial charge is 0.321 e. The summed E-state index contributed by atoms with van der Waals surface area (Å²) in [4.78, 5) is 15.6. The molecular weight excluding hydrogens is 594 g/mol. The van der Waals surface area contributed by atoms with Gasteiger partial charge in [-0.25, -0.2) is 22.0 Å². The number of carbonyl (C=O) groups is 1. The molecule has 3 fully saturated rings. The highest BCUT2D eigenvalue weighted by molar-refractivity contribution is 7.92. The number of nitrogens with one attached hydrogen (secondary N) is 1. The minimum atomic E-state index is -3.58. The molecule has 10 heteroatoms. The van der Waals surface area contributed by atoms with Crippen molar-refractivity contribution in [3.05, 3.63) is 107 Å². The number of nitrogens with zero attached hydrogens (tertiary/aromatic N) is 3. The Bertz CT molecular complexity index is 1730. The van der Waals surface area contributed by atoms with E-state index in [1.54, 1.807) is 6.08 Å². The first kappa shape index (κ1) is 30.9. The van der Waals surface area contributed by atoms with Crippen LogP contribution >= 0.6 is 0 Å². The van der Waals surface area contributed by atoms with Crippen LogP contribution in [0.15, 0.2) is 78.2 Å². The average Bonchev–Trinajstić information content (AvgIpc) is 3.80. The number of halogens is 2. The molecule has 234 valence electrons. The van der Waals surface area contributed by atoms with Crippen LogP contribution in [0.3, 0.4) is 0 Å². The topological polar surface area (TPSA) is 93.5 Å². The quantitative estimate of drug-likeness (QED) is 0.293. The number of piperidine rings is 1. The lowest BCUT2D eigenvalue weighted by Gasteiger charge is -2.40. The predicted molar refractivity (Wildman–Crippen MR) is 169 cm³/mol. The number of anilines is 1. The maximum Gasteiger partial charge on any atom is 0.322 e. The normalized spacial score (nSPS) is 23.7. The number of amides is 2. The van der Waals surface area contributed by atoms with Gasteiger partial charge < -0.3 is 10.2 Å². The number of sulfonamides is 1. The van der Waals surface area contributed by atoms with Crippen molar-refractivity contribution in [3.8, 4) is 6.07 Å². The van der Waals surface area contributed by atoms with Crippen LogP contribution in [0.1, 0.15) is 55.2 Å². The number of urea groups is 1. The van der Waals surface area contributed by atoms with Crippen molar-refractivity contribution in [1.82, 2.24) is 9.21 Å². The maximum atomic E-state index is 13.9. The van der Waals surface area contributed by atoms with Crippen molar-refractivity contribution in [2.45, 2.75) is 50.0 Å². The van der Waals surface area contributed by atoms with Crippen molar-refractivity contribution < 1.29 is 22.0 Å². The van der Waals surface area contributed by atoms with E-state index in [9.17, 15) is 27.3 Å². The Morgan fingerprint density at radius 3 is 2.51 bits per heavy atom. The number of carbonyl (C=O) groups excluding carboxylic acids is 1. The summed E-state index contributed by atoms with van der Waals surface area (Å²) >= 11 is 0. The minimum absolute atomic E-state index is 0.0263. The molecule has 2 saturated carbocycles. The number of rotatable bonds is 8. The van der Waals surface area contributed by atoms with Crippen molar-refractivity contribution >= 4 is 27.8 Å². The van der Waals surface area contributed by atoms with Gasteiger partial charge in [-0.05, 0) is 97.2 Å². The summed E-state index contributed by atoms with van der Waals surface area (Å²) in [5.74, 6) is -1.55. The average molecular weight is 631 g/mol. The number of benzene rings is 3. The molecule has 1 heterocycles. The Kier molecular flexibility index (Phi) is 8.76. The van der Waals surface area contributed by atoms with Crippen molar-refractivity contribution in [1.29, 1.82) is 5.26 Å². The zero-order valence-electron chi connectivity index (χ0n) is 24.9. The van der Waals surface area contributed by atoms with E-state index in [1.165, 1.54) is 21.3 Å². The highest BCUT2D eigenvalue weighted by atomic mass is 32.2. The van der Waals surface area contributed by atoms with Gasteiger partial charge in [0.2, 0.25) is 10.0 Å². The zero-order chi connectivity index (χ0) is 31.6. The van der Waals surface area contributed by atoms with Crippen LogP contribution in [-0.4, -0.2) is 49.3 Å².